The van der Waals surface area contributed by atoms with E-state index in [4.69, 9.17) is 4.74 Å². The molecule has 0 atom stereocenters. The van der Waals surface area contributed by atoms with Crippen LogP contribution in [0, 0.1) is 5.82 Å². The van der Waals surface area contributed by atoms with E-state index in [9.17, 15) is 9.18 Å². The van der Waals surface area contributed by atoms with Crippen molar-refractivity contribution in [1.82, 2.24) is 14.5 Å². The van der Waals surface area contributed by atoms with Crippen LogP contribution >= 0.6 is 11.9 Å². The van der Waals surface area contributed by atoms with Gasteiger partial charge in [0.25, 0.3) is 5.91 Å². The van der Waals surface area contributed by atoms with Crippen molar-refractivity contribution in [2.75, 3.05) is 49.8 Å². The van der Waals surface area contributed by atoms with Gasteiger partial charge in [-0.1, -0.05) is 30.7 Å². The van der Waals surface area contributed by atoms with E-state index in [2.05, 4.69) is 37.6 Å². The Bertz CT molecular complexity index is 1280. The molecule has 1 aliphatic rings. The number of carbonyl (C=O) groups is 1. The second-order valence-electron chi connectivity index (χ2n) is 8.35. The fraction of sp³-hybridized carbons (Fsp3) is 0.259. The molecule has 0 unspecified atom stereocenters. The predicted molar refractivity (Wildman–Crippen MR) is 147 cm³/mol. The molecule has 4 rings (SSSR count). The van der Waals surface area contributed by atoms with Gasteiger partial charge in [-0.25, -0.2) is 8.70 Å². The molecule has 2 aromatic carbocycles. The molecular weight excluding hydrogens is 477 g/mol. The molecule has 1 fully saturated rings. The third kappa shape index (κ3) is 5.47. The van der Waals surface area contributed by atoms with E-state index in [1.54, 1.807) is 49.2 Å². The number of benzene rings is 2. The molecule has 2 heterocycles. The first-order valence-corrected chi connectivity index (χ1v) is 12.8. The van der Waals surface area contributed by atoms with Gasteiger partial charge in [-0.2, -0.15) is 5.10 Å². The smallest absolute Gasteiger partial charge is 0.256 e. The van der Waals surface area contributed by atoms with Crippen molar-refractivity contribution < 1.29 is 13.9 Å². The van der Waals surface area contributed by atoms with Crippen molar-refractivity contribution in [2.24, 2.45) is 0 Å². The quantitative estimate of drug-likeness (QED) is 0.397. The number of nitrogens with zero attached hydrogens (tertiary/aromatic N) is 3. The molecule has 7 nitrogen and oxygen atoms in total. The van der Waals surface area contributed by atoms with Crippen LogP contribution in [-0.2, 0) is 0 Å². The predicted octanol–water partition coefficient (Wildman–Crippen LogP) is 5.41. The molecule has 9 heteroatoms. The average molecular weight is 508 g/mol. The van der Waals surface area contributed by atoms with Gasteiger partial charge in [0.05, 0.1) is 18.4 Å². The number of methoxy groups -OCH3 is 1. The number of H-pyrrole nitrogens is 1. The van der Waals surface area contributed by atoms with Gasteiger partial charge in [0, 0.05) is 43.0 Å². The first-order valence-electron chi connectivity index (χ1n) is 11.6. The molecule has 1 aromatic heterocycles. The van der Waals surface area contributed by atoms with Gasteiger partial charge >= 0.3 is 0 Å². The molecule has 188 valence electrons. The van der Waals surface area contributed by atoms with Crippen molar-refractivity contribution in [1.29, 1.82) is 0 Å². The maximum absolute atomic E-state index is 14.6. The van der Waals surface area contributed by atoms with E-state index in [1.807, 2.05) is 18.2 Å². The number of piperazine rings is 1. The minimum Gasteiger partial charge on any atom is -0.496 e. The Morgan fingerprint density at radius 1 is 1.22 bits per heavy atom. The SMILES string of the molecule is C=Cc1[nH]nc(NC(=O)c2cccc(N3CCN(SC)CC3)c2)c1/C=C(\C)c1c(F)cccc1OC. The summed E-state index contributed by atoms with van der Waals surface area (Å²) in [5.74, 6) is 0.0849. The third-order valence-corrected chi connectivity index (χ3v) is 7.07. The zero-order valence-corrected chi connectivity index (χ0v) is 21.5. The summed E-state index contributed by atoms with van der Waals surface area (Å²) in [5, 5.41) is 10.1. The van der Waals surface area contributed by atoms with Gasteiger partial charge in [-0.3, -0.25) is 9.89 Å². The molecular formula is C27H30FN5O2S. The van der Waals surface area contributed by atoms with Crippen LogP contribution in [0.3, 0.4) is 0 Å². The number of halogens is 1. The van der Waals surface area contributed by atoms with Crippen molar-refractivity contribution in [3.8, 4) is 5.75 Å². The molecule has 2 N–H and O–H groups in total. The molecule has 0 aliphatic carbocycles. The molecule has 1 saturated heterocycles. The number of nitrogens with one attached hydrogen (secondary N) is 2. The molecule has 0 spiro atoms. The lowest BCUT2D eigenvalue weighted by Crippen LogP contribution is -2.43. The second kappa shape index (κ2) is 11.5. The molecule has 0 saturated carbocycles. The van der Waals surface area contributed by atoms with E-state index in [1.165, 1.54) is 13.2 Å². The van der Waals surface area contributed by atoms with Crippen molar-refractivity contribution in [3.63, 3.8) is 0 Å². The number of rotatable bonds is 8. The van der Waals surface area contributed by atoms with Crippen LogP contribution in [0.25, 0.3) is 17.7 Å². The lowest BCUT2D eigenvalue weighted by Gasteiger charge is -2.34. The van der Waals surface area contributed by atoms with Gasteiger partial charge in [0.15, 0.2) is 5.82 Å². The molecule has 1 amide bonds. The zero-order valence-electron chi connectivity index (χ0n) is 20.7. The number of aromatic amines is 1. The summed E-state index contributed by atoms with van der Waals surface area (Å²) >= 11 is 1.76. The Balaban J connectivity index is 1.58. The summed E-state index contributed by atoms with van der Waals surface area (Å²) in [4.78, 5) is 15.5. The molecule has 3 aromatic rings. The molecule has 0 bridgehead atoms. The van der Waals surface area contributed by atoms with Gasteiger partial charge in [0.1, 0.15) is 11.6 Å². The maximum atomic E-state index is 14.6. The highest BCUT2D eigenvalue weighted by Crippen LogP contribution is 2.32. The molecule has 0 radical (unpaired) electrons. The van der Waals surface area contributed by atoms with Gasteiger partial charge < -0.3 is 15.0 Å². The van der Waals surface area contributed by atoms with E-state index < -0.39 is 5.82 Å². The first kappa shape index (κ1) is 25.5. The lowest BCUT2D eigenvalue weighted by molar-refractivity contribution is 0.102. The zero-order chi connectivity index (χ0) is 25.7. The topological polar surface area (TPSA) is 73.5 Å². The Kier molecular flexibility index (Phi) is 8.12. The Hall–Kier alpha value is -3.56. The number of carbonyl (C=O) groups excluding carboxylic acids is 1. The van der Waals surface area contributed by atoms with E-state index >= 15 is 0 Å². The number of amides is 1. The van der Waals surface area contributed by atoms with E-state index in [-0.39, 0.29) is 5.91 Å². The summed E-state index contributed by atoms with van der Waals surface area (Å²) in [6.07, 6.45) is 5.46. The average Bonchev–Trinajstić information content (AvgIpc) is 3.29. The summed E-state index contributed by atoms with van der Waals surface area (Å²) < 4.78 is 22.3. The van der Waals surface area contributed by atoms with Crippen molar-refractivity contribution >= 4 is 47.1 Å². The lowest BCUT2D eigenvalue weighted by atomic mass is 10.0. The standard InChI is InChI=1S/C27H30FN5O2S/c1-5-23-21(16-18(2)25-22(28)10-7-11-24(25)35-3)26(31-30-23)29-27(34)19-8-6-9-20(17-19)32-12-14-33(36-4)15-13-32/h5-11,16-17H,1,12-15H2,2-4H3,(H2,29,30,31,34)/b18-16+. The highest BCUT2D eigenvalue weighted by atomic mass is 32.2. The highest BCUT2D eigenvalue weighted by molar-refractivity contribution is 7.96. The third-order valence-electron chi connectivity index (χ3n) is 6.19. The highest BCUT2D eigenvalue weighted by Gasteiger charge is 2.19. The van der Waals surface area contributed by atoms with E-state index in [0.29, 0.717) is 39.5 Å². The van der Waals surface area contributed by atoms with Crippen molar-refractivity contribution in [3.05, 3.63) is 77.2 Å². The number of hydrogen-bond acceptors (Lipinski definition) is 6. The van der Waals surface area contributed by atoms with Crippen LogP contribution in [0.15, 0.2) is 49.0 Å². The Labute approximate surface area is 215 Å². The van der Waals surface area contributed by atoms with Gasteiger partial charge in [-0.15, -0.1) is 0 Å². The van der Waals surface area contributed by atoms with E-state index in [0.717, 1.165) is 31.9 Å². The van der Waals surface area contributed by atoms with Gasteiger partial charge in [-0.05, 0) is 61.2 Å². The van der Waals surface area contributed by atoms with Crippen LogP contribution in [-0.4, -0.2) is 60.0 Å². The fourth-order valence-corrected chi connectivity index (χ4v) is 4.79. The first-order chi connectivity index (χ1) is 17.4. The van der Waals surface area contributed by atoms with Crippen LogP contribution in [0.4, 0.5) is 15.9 Å². The summed E-state index contributed by atoms with van der Waals surface area (Å²) in [6, 6.07) is 12.3. The molecule has 1 aliphatic heterocycles. The normalized spacial score (nSPS) is 14.6. The Morgan fingerprint density at radius 2 is 1.97 bits per heavy atom. The number of aromatic nitrogens is 2. The van der Waals surface area contributed by atoms with Crippen LogP contribution in [0.2, 0.25) is 0 Å². The number of allylic oxidation sites excluding steroid dienone is 1. The fourth-order valence-electron chi connectivity index (χ4n) is 4.26. The second-order valence-corrected chi connectivity index (χ2v) is 9.23. The molecule has 36 heavy (non-hydrogen) atoms. The van der Waals surface area contributed by atoms with Crippen molar-refractivity contribution in [2.45, 2.75) is 6.92 Å². The minimum atomic E-state index is -0.396. The van der Waals surface area contributed by atoms with Gasteiger partial charge in [0.2, 0.25) is 0 Å². The largest absolute Gasteiger partial charge is 0.496 e. The minimum absolute atomic E-state index is 0.280. The summed E-state index contributed by atoms with van der Waals surface area (Å²) in [7, 11) is 1.50. The number of anilines is 2. The monoisotopic (exact) mass is 507 g/mol. The number of hydrogen-bond donors (Lipinski definition) is 2. The summed E-state index contributed by atoms with van der Waals surface area (Å²) in [5.41, 5.74) is 3.73. The van der Waals surface area contributed by atoms with Crippen LogP contribution in [0.5, 0.6) is 5.75 Å². The Morgan fingerprint density at radius 3 is 2.67 bits per heavy atom. The summed E-state index contributed by atoms with van der Waals surface area (Å²) in [6.45, 7) is 9.36. The maximum Gasteiger partial charge on any atom is 0.256 e. The van der Waals surface area contributed by atoms with Crippen LogP contribution < -0.4 is 15.0 Å². The number of ether oxygens (including phenoxy) is 1. The van der Waals surface area contributed by atoms with Crippen LogP contribution in [0.1, 0.15) is 34.1 Å².